The van der Waals surface area contributed by atoms with Crippen LogP contribution in [0.25, 0.3) is 6.08 Å². The Balaban J connectivity index is 1.79. The second-order valence-electron chi connectivity index (χ2n) is 6.59. The van der Waals surface area contributed by atoms with Gasteiger partial charge < -0.3 is 4.74 Å². The maximum Gasteiger partial charge on any atom is 0.270 e. The van der Waals surface area contributed by atoms with Gasteiger partial charge in [0.25, 0.3) is 5.56 Å². The lowest BCUT2D eigenvalue weighted by atomic mass is 9.93. The predicted octanol–water partition coefficient (Wildman–Crippen LogP) is 1.19. The normalized spacial score (nSPS) is 24.2. The van der Waals surface area contributed by atoms with Crippen LogP contribution in [0.2, 0.25) is 0 Å². The van der Waals surface area contributed by atoms with Crippen molar-refractivity contribution in [2.45, 2.75) is 25.1 Å². The zero-order valence-corrected chi connectivity index (χ0v) is 14.7. The van der Waals surface area contributed by atoms with E-state index in [1.54, 1.807) is 10.9 Å². The molecule has 2 aliphatic rings. The molecule has 2 bridgehead atoms. The first kappa shape index (κ1) is 14.7. The van der Waals surface area contributed by atoms with E-state index in [4.69, 9.17) is 9.73 Å². The molecule has 2 aliphatic heterocycles. The highest BCUT2D eigenvalue weighted by Crippen LogP contribution is 2.42. The Hall–Kier alpha value is -2.67. The largest absolute Gasteiger partial charge is 0.466 e. The van der Waals surface area contributed by atoms with Crippen molar-refractivity contribution >= 4 is 17.4 Å². The summed E-state index contributed by atoms with van der Waals surface area (Å²) in [5.41, 5.74) is 1.30. The maximum absolute atomic E-state index is 13.1. The van der Waals surface area contributed by atoms with E-state index >= 15 is 0 Å². The van der Waals surface area contributed by atoms with Crippen molar-refractivity contribution in [1.29, 1.82) is 0 Å². The van der Waals surface area contributed by atoms with E-state index in [1.165, 1.54) is 11.3 Å². The van der Waals surface area contributed by atoms with Gasteiger partial charge in [-0.15, -0.1) is 0 Å². The maximum atomic E-state index is 13.1. The van der Waals surface area contributed by atoms with Crippen LogP contribution < -0.4 is 19.6 Å². The fraction of sp³-hybridized carbons (Fsp3) is 0.278. The van der Waals surface area contributed by atoms with E-state index in [2.05, 4.69) is 5.10 Å². The van der Waals surface area contributed by atoms with Crippen LogP contribution in [0.5, 0.6) is 5.75 Å². The number of para-hydroxylation sites is 1. The summed E-state index contributed by atoms with van der Waals surface area (Å²) < 4.78 is 10.3. The third-order valence-corrected chi connectivity index (χ3v) is 5.78. The van der Waals surface area contributed by atoms with Gasteiger partial charge in [-0.05, 0) is 25.1 Å². The zero-order chi connectivity index (χ0) is 17.2. The van der Waals surface area contributed by atoms with Crippen LogP contribution in [0, 0.1) is 0 Å². The molecular weight excluding hydrogens is 336 g/mol. The predicted molar refractivity (Wildman–Crippen MR) is 94.4 cm³/mol. The third kappa shape index (κ3) is 2.12. The molecule has 0 saturated carbocycles. The molecular formula is C18H16N4O2S. The molecule has 126 valence electrons. The van der Waals surface area contributed by atoms with Crippen molar-refractivity contribution in [2.24, 2.45) is 12.0 Å². The van der Waals surface area contributed by atoms with Gasteiger partial charge >= 0.3 is 0 Å². The minimum atomic E-state index is -0.625. The number of benzene rings is 1. The Morgan fingerprint density at radius 2 is 2.20 bits per heavy atom. The standard InChI is InChI=1S/C18H16N4O2S/c1-18-10-13(12-5-3-4-6-14(12)24-18)22-16(23)15(25-17(22)20-18)9-11-7-8-19-21(11)2/h3-9,13H,10H2,1-2H3/b15-9-. The third-order valence-electron chi connectivity index (χ3n) is 4.80. The zero-order valence-electron chi connectivity index (χ0n) is 13.8. The fourth-order valence-corrected chi connectivity index (χ4v) is 4.71. The van der Waals surface area contributed by atoms with Crippen LogP contribution >= 0.6 is 11.3 Å². The van der Waals surface area contributed by atoms with Crippen LogP contribution in [0.1, 0.15) is 30.6 Å². The Labute approximate surface area is 147 Å². The minimum absolute atomic E-state index is 0.00583. The number of fused-ring (bicyclic) bond motifs is 6. The molecule has 3 aromatic rings. The second-order valence-corrected chi connectivity index (χ2v) is 7.60. The number of hydrogen-bond acceptors (Lipinski definition) is 5. The molecule has 4 heterocycles. The lowest BCUT2D eigenvalue weighted by Crippen LogP contribution is -2.49. The number of aryl methyl sites for hydroxylation is 1. The van der Waals surface area contributed by atoms with Gasteiger partial charge in [-0.3, -0.25) is 14.0 Å². The van der Waals surface area contributed by atoms with Crippen LogP contribution in [0.3, 0.4) is 0 Å². The summed E-state index contributed by atoms with van der Waals surface area (Å²) in [7, 11) is 1.86. The average Bonchev–Trinajstić information content (AvgIpc) is 3.11. The summed E-state index contributed by atoms with van der Waals surface area (Å²) in [4.78, 5) is 18.5. The molecule has 2 unspecified atom stereocenters. The number of aromatic nitrogens is 3. The van der Waals surface area contributed by atoms with Crippen molar-refractivity contribution in [2.75, 3.05) is 0 Å². The van der Waals surface area contributed by atoms with Gasteiger partial charge in [0.1, 0.15) is 5.75 Å². The van der Waals surface area contributed by atoms with Gasteiger partial charge in [0.05, 0.1) is 16.3 Å². The summed E-state index contributed by atoms with van der Waals surface area (Å²) in [6.07, 6.45) is 4.26. The summed E-state index contributed by atoms with van der Waals surface area (Å²) in [5, 5.41) is 4.16. The average molecular weight is 352 g/mol. The molecule has 0 saturated heterocycles. The first-order valence-corrected chi connectivity index (χ1v) is 8.95. The number of hydrogen-bond donors (Lipinski definition) is 0. The highest BCUT2D eigenvalue weighted by atomic mass is 32.1. The van der Waals surface area contributed by atoms with E-state index in [-0.39, 0.29) is 11.6 Å². The van der Waals surface area contributed by atoms with Crippen molar-refractivity contribution in [3.8, 4) is 5.75 Å². The van der Waals surface area contributed by atoms with Crippen LogP contribution in [0.15, 0.2) is 46.3 Å². The quantitative estimate of drug-likeness (QED) is 0.661. The SMILES string of the molecule is Cn1nccc1/C=c1\sc2n(c1=O)C1CC(C)(N=2)Oc2ccccc21. The van der Waals surface area contributed by atoms with Gasteiger partial charge in [0.2, 0.25) is 5.72 Å². The molecule has 0 aliphatic carbocycles. The topological polar surface area (TPSA) is 61.4 Å². The van der Waals surface area contributed by atoms with Crippen molar-refractivity contribution < 1.29 is 4.74 Å². The number of nitrogens with zero attached hydrogens (tertiary/aromatic N) is 4. The summed E-state index contributed by atoms with van der Waals surface area (Å²) in [5.74, 6) is 0.811. The smallest absolute Gasteiger partial charge is 0.270 e. The van der Waals surface area contributed by atoms with Crippen molar-refractivity contribution in [3.05, 3.63) is 67.5 Å². The van der Waals surface area contributed by atoms with Gasteiger partial charge in [-0.2, -0.15) is 5.10 Å². The highest BCUT2D eigenvalue weighted by molar-refractivity contribution is 7.07. The van der Waals surface area contributed by atoms with Crippen LogP contribution in [-0.4, -0.2) is 20.1 Å². The molecule has 1 aromatic carbocycles. The Bertz CT molecular complexity index is 1170. The number of ether oxygens (including phenoxy) is 1. The van der Waals surface area contributed by atoms with Gasteiger partial charge in [0.15, 0.2) is 4.80 Å². The van der Waals surface area contributed by atoms with Gasteiger partial charge in [0, 0.05) is 25.2 Å². The lowest BCUT2D eigenvalue weighted by Gasteiger charge is -2.39. The molecule has 5 rings (SSSR count). The molecule has 2 atom stereocenters. The Morgan fingerprint density at radius 3 is 3.00 bits per heavy atom. The van der Waals surface area contributed by atoms with E-state index in [9.17, 15) is 4.79 Å². The molecule has 2 aromatic heterocycles. The van der Waals surface area contributed by atoms with E-state index in [0.717, 1.165) is 17.0 Å². The van der Waals surface area contributed by atoms with Crippen LogP contribution in [0.4, 0.5) is 0 Å². The Morgan fingerprint density at radius 1 is 1.36 bits per heavy atom. The molecule has 7 heteroatoms. The Kier molecular flexibility index (Phi) is 2.88. The highest BCUT2D eigenvalue weighted by Gasteiger charge is 2.42. The fourth-order valence-electron chi connectivity index (χ4n) is 3.60. The van der Waals surface area contributed by atoms with Gasteiger partial charge in [-0.25, -0.2) is 4.99 Å². The van der Waals surface area contributed by atoms with Crippen molar-refractivity contribution in [3.63, 3.8) is 0 Å². The molecule has 0 amide bonds. The first-order chi connectivity index (χ1) is 12.0. The molecule has 0 N–H and O–H groups in total. The lowest BCUT2D eigenvalue weighted by molar-refractivity contribution is 0.0410. The number of thiazole rings is 1. The summed E-state index contributed by atoms with van der Waals surface area (Å²) >= 11 is 1.41. The molecule has 0 fully saturated rings. The van der Waals surface area contributed by atoms with E-state index < -0.39 is 5.72 Å². The molecule has 0 spiro atoms. The minimum Gasteiger partial charge on any atom is -0.466 e. The van der Waals surface area contributed by atoms with Gasteiger partial charge in [-0.1, -0.05) is 29.5 Å². The molecule has 0 radical (unpaired) electrons. The molecule has 25 heavy (non-hydrogen) atoms. The number of rotatable bonds is 1. The molecule has 6 nitrogen and oxygen atoms in total. The summed E-state index contributed by atoms with van der Waals surface area (Å²) in [6, 6.07) is 9.75. The second kappa shape index (κ2) is 4.92. The van der Waals surface area contributed by atoms with Crippen molar-refractivity contribution in [1.82, 2.24) is 14.3 Å². The monoisotopic (exact) mass is 352 g/mol. The first-order valence-electron chi connectivity index (χ1n) is 8.13. The van der Waals surface area contributed by atoms with Crippen LogP contribution in [-0.2, 0) is 7.05 Å². The summed E-state index contributed by atoms with van der Waals surface area (Å²) in [6.45, 7) is 1.98. The van der Waals surface area contributed by atoms with E-state index in [1.807, 2.05) is 54.9 Å². The van der Waals surface area contributed by atoms with E-state index in [0.29, 0.717) is 15.8 Å².